The average Bonchev–Trinajstić information content (AvgIpc) is 2.69. The molecule has 0 bridgehead atoms. The quantitative estimate of drug-likeness (QED) is 0.455. The van der Waals surface area contributed by atoms with Crippen molar-refractivity contribution in [2.75, 3.05) is 13.2 Å². The van der Waals surface area contributed by atoms with Gasteiger partial charge in [-0.05, 0) is 51.7 Å². The molecule has 2 atom stereocenters. The molecule has 0 radical (unpaired) electrons. The summed E-state index contributed by atoms with van der Waals surface area (Å²) in [5, 5.41) is 0. The number of nitrogens with two attached hydrogens (primary N) is 1. The summed E-state index contributed by atoms with van der Waals surface area (Å²) in [5.41, 5.74) is 10.8. The third kappa shape index (κ3) is 16.5. The molecular formula is C22H35N2O3P. The van der Waals surface area contributed by atoms with Gasteiger partial charge in [0.1, 0.15) is 0 Å². The number of nitrogens with one attached hydrogen (secondary N) is 1. The molecule has 2 unspecified atom stereocenters. The maximum atomic E-state index is 9.97. The Labute approximate surface area is 171 Å². The largest absolute Gasteiger partial charge is 0.382 e. The van der Waals surface area contributed by atoms with Crippen LogP contribution in [0.1, 0.15) is 38.8 Å². The first-order valence-electron chi connectivity index (χ1n) is 9.68. The second kappa shape index (κ2) is 18.7. The Morgan fingerprint density at radius 3 is 1.71 bits per heavy atom. The van der Waals surface area contributed by atoms with Crippen molar-refractivity contribution in [2.24, 2.45) is 5.73 Å². The summed E-state index contributed by atoms with van der Waals surface area (Å²) in [6.45, 7) is 9.66. The van der Waals surface area contributed by atoms with Crippen molar-refractivity contribution in [3.8, 4) is 0 Å². The van der Waals surface area contributed by atoms with Crippen LogP contribution in [-0.2, 0) is 26.8 Å². The minimum atomic E-state index is -0.335. The van der Waals surface area contributed by atoms with E-state index in [1.54, 1.807) is 0 Å². The Morgan fingerprint density at radius 1 is 0.893 bits per heavy atom. The van der Waals surface area contributed by atoms with Crippen LogP contribution in [0.4, 0.5) is 0 Å². The Morgan fingerprint density at radius 2 is 1.36 bits per heavy atom. The van der Waals surface area contributed by atoms with E-state index in [4.69, 9.17) is 10.5 Å². The Balaban J connectivity index is 0.000000431. The monoisotopic (exact) mass is 406 g/mol. The number of benzene rings is 2. The van der Waals surface area contributed by atoms with Gasteiger partial charge in [0.25, 0.3) is 0 Å². The van der Waals surface area contributed by atoms with Gasteiger partial charge in [0.05, 0.1) is 0 Å². The minimum absolute atomic E-state index is 0.156. The molecule has 0 aliphatic heterocycles. The van der Waals surface area contributed by atoms with Crippen LogP contribution in [0.2, 0.25) is 0 Å². The van der Waals surface area contributed by atoms with Crippen LogP contribution in [0.25, 0.3) is 0 Å². The SMILES string of the molecule is CC(Cc1ccccc1)NOP=O.CC(N)Cc1ccccc1.CCOCC. The number of hydroxylamine groups is 1. The molecule has 0 amide bonds. The zero-order valence-electron chi connectivity index (χ0n) is 17.5. The Kier molecular flexibility index (Phi) is 17.6. The fraction of sp³-hybridized carbons (Fsp3) is 0.455. The molecule has 2 aromatic rings. The first-order valence-corrected chi connectivity index (χ1v) is 10.4. The first-order chi connectivity index (χ1) is 13.5. The summed E-state index contributed by atoms with van der Waals surface area (Å²) >= 11 is 0. The second-order valence-corrected chi connectivity index (χ2v) is 6.65. The molecule has 5 nitrogen and oxygen atoms in total. The highest BCUT2D eigenvalue weighted by Crippen LogP contribution is 2.03. The number of hydrogen-bond acceptors (Lipinski definition) is 5. The lowest BCUT2D eigenvalue weighted by Crippen LogP contribution is -2.25. The van der Waals surface area contributed by atoms with Crippen LogP contribution >= 0.6 is 8.69 Å². The van der Waals surface area contributed by atoms with Crippen LogP contribution in [0.5, 0.6) is 0 Å². The summed E-state index contributed by atoms with van der Waals surface area (Å²) < 4.78 is 19.3. The van der Waals surface area contributed by atoms with Gasteiger partial charge in [0, 0.05) is 25.3 Å². The fourth-order valence-electron chi connectivity index (χ4n) is 2.31. The lowest BCUT2D eigenvalue weighted by Gasteiger charge is -2.09. The van der Waals surface area contributed by atoms with Crippen molar-refractivity contribution in [2.45, 2.75) is 52.6 Å². The second-order valence-electron chi connectivity index (χ2n) is 6.32. The lowest BCUT2D eigenvalue weighted by molar-refractivity contribution is 0.162. The van der Waals surface area contributed by atoms with Gasteiger partial charge in [0.15, 0.2) is 0 Å². The van der Waals surface area contributed by atoms with Crippen molar-refractivity contribution in [3.05, 3.63) is 71.8 Å². The third-order valence-electron chi connectivity index (χ3n) is 3.48. The van der Waals surface area contributed by atoms with Gasteiger partial charge < -0.3 is 10.5 Å². The van der Waals surface area contributed by atoms with Gasteiger partial charge in [-0.15, -0.1) is 0 Å². The van der Waals surface area contributed by atoms with Crippen LogP contribution in [0.15, 0.2) is 60.7 Å². The first kappa shape index (κ1) is 26.4. The van der Waals surface area contributed by atoms with E-state index in [1.807, 2.05) is 76.2 Å². The number of rotatable bonds is 9. The molecule has 0 fully saturated rings. The van der Waals surface area contributed by atoms with Crippen LogP contribution in [0.3, 0.4) is 0 Å². The zero-order valence-corrected chi connectivity index (χ0v) is 18.4. The molecule has 0 aromatic heterocycles. The molecule has 28 heavy (non-hydrogen) atoms. The van der Waals surface area contributed by atoms with Crippen molar-refractivity contribution in [3.63, 3.8) is 0 Å². The molecule has 6 heteroatoms. The highest BCUT2D eigenvalue weighted by Gasteiger charge is 2.02. The van der Waals surface area contributed by atoms with E-state index < -0.39 is 0 Å². The summed E-state index contributed by atoms with van der Waals surface area (Å²) in [5.74, 6) is 0. The van der Waals surface area contributed by atoms with E-state index >= 15 is 0 Å². The van der Waals surface area contributed by atoms with Gasteiger partial charge in [0.2, 0.25) is 0 Å². The lowest BCUT2D eigenvalue weighted by atomic mass is 10.1. The molecule has 0 aliphatic carbocycles. The molecule has 0 saturated carbocycles. The van der Waals surface area contributed by atoms with E-state index in [2.05, 4.69) is 22.2 Å². The Hall–Kier alpha value is -1.62. The van der Waals surface area contributed by atoms with Gasteiger partial charge in [-0.3, -0.25) is 0 Å². The molecule has 3 N–H and O–H groups in total. The summed E-state index contributed by atoms with van der Waals surface area (Å²) in [7, 11) is -0.335. The molecule has 2 rings (SSSR count). The number of hydrogen-bond donors (Lipinski definition) is 2. The minimum Gasteiger partial charge on any atom is -0.382 e. The van der Waals surface area contributed by atoms with Gasteiger partial charge >= 0.3 is 8.69 Å². The molecule has 0 heterocycles. The van der Waals surface area contributed by atoms with Crippen molar-refractivity contribution < 1.29 is 13.9 Å². The van der Waals surface area contributed by atoms with Crippen molar-refractivity contribution >= 4 is 8.69 Å². The van der Waals surface area contributed by atoms with E-state index in [-0.39, 0.29) is 20.8 Å². The van der Waals surface area contributed by atoms with Crippen LogP contribution < -0.4 is 11.2 Å². The maximum absolute atomic E-state index is 9.97. The normalized spacial score (nSPS) is 12.2. The standard InChI is InChI=1S/C9H12NO2P.C9H13N.C4H10O/c1-8(10-12-13-11)7-9-5-3-2-4-6-9;1-8(10)7-9-5-3-2-4-6-9;1-3-5-4-2/h2-6,8,10H,7H2,1H3;2-6,8H,7,10H2,1H3;3-4H2,1-2H3. The molecule has 0 spiro atoms. The van der Waals surface area contributed by atoms with Gasteiger partial charge in [-0.2, -0.15) is 5.48 Å². The Bertz CT molecular complexity index is 581. The topological polar surface area (TPSA) is 73.6 Å². The van der Waals surface area contributed by atoms with E-state index in [1.165, 1.54) is 11.1 Å². The van der Waals surface area contributed by atoms with E-state index in [9.17, 15) is 4.57 Å². The zero-order chi connectivity index (χ0) is 21.0. The predicted molar refractivity (Wildman–Crippen MR) is 117 cm³/mol. The molecular weight excluding hydrogens is 371 g/mol. The predicted octanol–water partition coefficient (Wildman–Crippen LogP) is 4.96. The molecule has 156 valence electrons. The van der Waals surface area contributed by atoms with Gasteiger partial charge in [-0.25, -0.2) is 9.19 Å². The summed E-state index contributed by atoms with van der Waals surface area (Å²) in [6.07, 6.45) is 1.83. The highest BCUT2D eigenvalue weighted by molar-refractivity contribution is 7.17. The smallest absolute Gasteiger partial charge is 0.346 e. The van der Waals surface area contributed by atoms with Gasteiger partial charge in [-0.1, -0.05) is 60.7 Å². The number of ether oxygens (including phenoxy) is 1. The van der Waals surface area contributed by atoms with Crippen molar-refractivity contribution in [1.82, 2.24) is 5.48 Å². The van der Waals surface area contributed by atoms with E-state index in [0.717, 1.165) is 26.1 Å². The van der Waals surface area contributed by atoms with Crippen LogP contribution in [0, 0.1) is 0 Å². The van der Waals surface area contributed by atoms with E-state index in [0.29, 0.717) is 0 Å². The average molecular weight is 407 g/mol. The molecule has 2 aromatic carbocycles. The third-order valence-corrected chi connectivity index (χ3v) is 3.66. The summed E-state index contributed by atoms with van der Waals surface area (Å²) in [6, 6.07) is 20.8. The summed E-state index contributed by atoms with van der Waals surface area (Å²) in [4.78, 5) is 0. The fourth-order valence-corrected chi connectivity index (χ4v) is 2.53. The van der Waals surface area contributed by atoms with Crippen molar-refractivity contribution in [1.29, 1.82) is 0 Å². The van der Waals surface area contributed by atoms with Crippen LogP contribution in [-0.4, -0.2) is 25.3 Å². The maximum Gasteiger partial charge on any atom is 0.346 e. The highest BCUT2D eigenvalue weighted by atomic mass is 31.1. The molecule has 0 saturated heterocycles. The molecule has 0 aliphatic rings.